The van der Waals surface area contributed by atoms with Crippen LogP contribution >= 0.6 is 0 Å². The Kier molecular flexibility index (Phi) is 1.84. The molecule has 2 fully saturated rings. The summed E-state index contributed by atoms with van der Waals surface area (Å²) >= 11 is 0. The van der Waals surface area contributed by atoms with Crippen LogP contribution < -0.4 is 5.32 Å². The van der Waals surface area contributed by atoms with Crippen molar-refractivity contribution in [2.75, 3.05) is 11.9 Å². The van der Waals surface area contributed by atoms with E-state index in [2.05, 4.69) is 17.5 Å². The number of amides is 1. The molecule has 1 aromatic carbocycles. The van der Waals surface area contributed by atoms with Crippen LogP contribution in [0.15, 0.2) is 36.4 Å². The molecule has 2 aliphatic heterocycles. The monoisotopic (exact) mass is 269 g/mol. The van der Waals surface area contributed by atoms with Gasteiger partial charge in [-0.1, -0.05) is 30.4 Å². The lowest BCUT2D eigenvalue weighted by molar-refractivity contribution is -0.198. The van der Waals surface area contributed by atoms with Gasteiger partial charge in [0.05, 0.1) is 12.3 Å². The summed E-state index contributed by atoms with van der Waals surface area (Å²) in [7, 11) is 0. The maximum atomic E-state index is 12.4. The summed E-state index contributed by atoms with van der Waals surface area (Å²) in [6.07, 6.45) is 6.59. The minimum absolute atomic E-state index is 0.192. The maximum Gasteiger partial charge on any atom is 0.289 e. The zero-order valence-electron chi connectivity index (χ0n) is 11.0. The van der Waals surface area contributed by atoms with Crippen molar-refractivity contribution in [1.29, 1.82) is 0 Å². The Balaban J connectivity index is 1.60. The number of carbonyl (C=O) groups excluding carboxylic acids is 1. The van der Waals surface area contributed by atoms with E-state index in [-0.39, 0.29) is 11.5 Å². The molecule has 5 rings (SSSR count). The first-order valence-electron chi connectivity index (χ1n) is 7.15. The Bertz CT molecular complexity index is 655. The summed E-state index contributed by atoms with van der Waals surface area (Å²) in [5, 5.41) is 2.87. The summed E-state index contributed by atoms with van der Waals surface area (Å²) in [6.45, 7) is 0.500. The molecule has 1 saturated heterocycles. The predicted molar refractivity (Wildman–Crippen MR) is 71.9 cm³/mol. The molecule has 4 aliphatic rings. The van der Waals surface area contributed by atoms with Crippen molar-refractivity contribution in [3.63, 3.8) is 0 Å². The Morgan fingerprint density at radius 3 is 2.95 bits per heavy atom. The molecule has 1 N–H and O–H groups in total. The number of benzene rings is 1. The Hall–Kier alpha value is -1.65. The second-order valence-corrected chi connectivity index (χ2v) is 6.26. The largest absolute Gasteiger partial charge is 0.335 e. The standard InChI is InChI=1S/C16H15NO3/c18-14-16(12-3-1-2-4-13(12)17-14)19-9-15(20-16)8-10-5-6-11(15)7-10/h1-6,10-11H,7-9H2,(H,17,18). The lowest BCUT2D eigenvalue weighted by Gasteiger charge is -2.31. The second kappa shape index (κ2) is 3.32. The third-order valence-electron chi connectivity index (χ3n) is 5.15. The molecule has 102 valence electrons. The molecule has 1 aromatic rings. The fourth-order valence-electron chi connectivity index (χ4n) is 4.21. The Morgan fingerprint density at radius 1 is 1.25 bits per heavy atom. The highest BCUT2D eigenvalue weighted by Gasteiger charge is 2.64. The summed E-state index contributed by atoms with van der Waals surface area (Å²) < 4.78 is 12.3. The van der Waals surface area contributed by atoms with Gasteiger partial charge in [0, 0.05) is 11.5 Å². The summed E-state index contributed by atoms with van der Waals surface area (Å²) in [6, 6.07) is 7.62. The van der Waals surface area contributed by atoms with Crippen molar-refractivity contribution in [3.05, 3.63) is 42.0 Å². The molecular formula is C16H15NO3. The molecule has 1 saturated carbocycles. The van der Waals surface area contributed by atoms with E-state index in [9.17, 15) is 4.79 Å². The zero-order valence-corrected chi connectivity index (χ0v) is 11.0. The molecule has 4 unspecified atom stereocenters. The molecule has 0 aromatic heterocycles. The molecule has 20 heavy (non-hydrogen) atoms. The predicted octanol–water partition coefficient (Wildman–Crippen LogP) is 2.17. The fraction of sp³-hybridized carbons (Fsp3) is 0.438. The Labute approximate surface area is 116 Å². The average molecular weight is 269 g/mol. The van der Waals surface area contributed by atoms with Crippen LogP contribution in [0, 0.1) is 11.8 Å². The summed E-state index contributed by atoms with van der Waals surface area (Å²) in [5.41, 5.74) is 1.30. The molecule has 4 atom stereocenters. The van der Waals surface area contributed by atoms with Crippen LogP contribution in [0.1, 0.15) is 18.4 Å². The van der Waals surface area contributed by atoms with E-state index in [0.717, 1.165) is 24.1 Å². The van der Waals surface area contributed by atoms with Crippen LogP contribution in [0.5, 0.6) is 0 Å². The van der Waals surface area contributed by atoms with Gasteiger partial charge in [-0.2, -0.15) is 0 Å². The summed E-state index contributed by atoms with van der Waals surface area (Å²) in [5.74, 6) is -0.456. The first-order chi connectivity index (χ1) is 9.72. The lowest BCUT2D eigenvalue weighted by atomic mass is 9.89. The number of para-hydroxylation sites is 1. The van der Waals surface area contributed by atoms with Crippen molar-refractivity contribution >= 4 is 11.6 Å². The van der Waals surface area contributed by atoms with Gasteiger partial charge >= 0.3 is 0 Å². The van der Waals surface area contributed by atoms with Gasteiger partial charge in [0.2, 0.25) is 0 Å². The van der Waals surface area contributed by atoms with Crippen LogP contribution in [0.4, 0.5) is 5.69 Å². The van der Waals surface area contributed by atoms with Crippen LogP contribution in [0.25, 0.3) is 0 Å². The number of anilines is 1. The van der Waals surface area contributed by atoms with E-state index in [4.69, 9.17) is 9.47 Å². The van der Waals surface area contributed by atoms with E-state index in [0.29, 0.717) is 18.4 Å². The molecule has 2 spiro atoms. The van der Waals surface area contributed by atoms with Crippen LogP contribution in [0.2, 0.25) is 0 Å². The number of allylic oxidation sites excluding steroid dienone is 1. The maximum absolute atomic E-state index is 12.4. The highest BCUT2D eigenvalue weighted by atomic mass is 16.8. The topological polar surface area (TPSA) is 47.6 Å². The minimum Gasteiger partial charge on any atom is -0.335 e. The molecule has 4 heteroatoms. The number of nitrogens with one attached hydrogen (secondary N) is 1. The minimum atomic E-state index is -1.23. The number of fused-ring (bicyclic) bond motifs is 5. The van der Waals surface area contributed by atoms with Crippen molar-refractivity contribution in [2.45, 2.75) is 24.2 Å². The molecule has 2 aliphatic carbocycles. The molecule has 1 amide bonds. The molecule has 2 heterocycles. The van der Waals surface area contributed by atoms with Crippen LogP contribution in [-0.4, -0.2) is 18.1 Å². The smallest absolute Gasteiger partial charge is 0.289 e. The van der Waals surface area contributed by atoms with Crippen molar-refractivity contribution in [3.8, 4) is 0 Å². The lowest BCUT2D eigenvalue weighted by Crippen LogP contribution is -2.42. The zero-order chi connectivity index (χ0) is 13.4. The summed E-state index contributed by atoms with van der Waals surface area (Å²) in [4.78, 5) is 12.4. The molecule has 0 radical (unpaired) electrons. The van der Waals surface area contributed by atoms with Gasteiger partial charge in [-0.05, 0) is 24.8 Å². The molecular weight excluding hydrogens is 254 g/mol. The second-order valence-electron chi connectivity index (χ2n) is 6.26. The van der Waals surface area contributed by atoms with E-state index in [1.165, 1.54) is 0 Å². The van der Waals surface area contributed by atoms with Gasteiger partial charge in [0.25, 0.3) is 11.7 Å². The van der Waals surface area contributed by atoms with Gasteiger partial charge < -0.3 is 14.8 Å². The van der Waals surface area contributed by atoms with Crippen LogP contribution in [-0.2, 0) is 20.1 Å². The molecule has 2 bridgehead atoms. The average Bonchev–Trinajstić information content (AvgIpc) is 3.18. The first-order valence-corrected chi connectivity index (χ1v) is 7.15. The third kappa shape index (κ3) is 1.13. The van der Waals surface area contributed by atoms with Crippen molar-refractivity contribution in [1.82, 2.24) is 0 Å². The first kappa shape index (κ1) is 11.1. The van der Waals surface area contributed by atoms with Gasteiger partial charge in [-0.15, -0.1) is 0 Å². The quantitative estimate of drug-likeness (QED) is 0.734. The van der Waals surface area contributed by atoms with Crippen molar-refractivity contribution < 1.29 is 14.3 Å². The van der Waals surface area contributed by atoms with E-state index in [1.807, 2.05) is 24.3 Å². The Morgan fingerprint density at radius 2 is 2.15 bits per heavy atom. The number of hydrogen-bond donors (Lipinski definition) is 1. The number of carbonyl (C=O) groups is 1. The number of hydrogen-bond acceptors (Lipinski definition) is 3. The van der Waals surface area contributed by atoms with E-state index >= 15 is 0 Å². The third-order valence-corrected chi connectivity index (χ3v) is 5.15. The normalized spacial score (nSPS) is 43.7. The molecule has 4 nitrogen and oxygen atoms in total. The highest BCUT2D eigenvalue weighted by Crippen LogP contribution is 2.57. The van der Waals surface area contributed by atoms with Crippen LogP contribution in [0.3, 0.4) is 0 Å². The van der Waals surface area contributed by atoms with E-state index in [1.54, 1.807) is 0 Å². The van der Waals surface area contributed by atoms with Gasteiger partial charge in [0.15, 0.2) is 0 Å². The van der Waals surface area contributed by atoms with Gasteiger partial charge in [-0.25, -0.2) is 0 Å². The van der Waals surface area contributed by atoms with E-state index < -0.39 is 5.79 Å². The van der Waals surface area contributed by atoms with Gasteiger partial charge in [-0.3, -0.25) is 4.79 Å². The fourth-order valence-corrected chi connectivity index (χ4v) is 4.21. The SMILES string of the molecule is O=C1Nc2ccccc2C12OCC1(CC3C=CC1C3)O2. The number of rotatable bonds is 0. The van der Waals surface area contributed by atoms with Gasteiger partial charge in [0.1, 0.15) is 5.60 Å². The highest BCUT2D eigenvalue weighted by molar-refractivity contribution is 6.04. The number of ether oxygens (including phenoxy) is 2. The van der Waals surface area contributed by atoms with Crippen molar-refractivity contribution in [2.24, 2.45) is 11.8 Å².